The monoisotopic (exact) mass is 243 g/mol. The second-order valence-corrected chi connectivity index (χ2v) is 4.35. The molecular formula is C10H11BrFN. The maximum atomic E-state index is 13.0. The lowest BCUT2D eigenvalue weighted by Crippen LogP contribution is -2.25. The molecule has 0 bridgehead atoms. The van der Waals surface area contributed by atoms with Crippen molar-refractivity contribution in [1.29, 1.82) is 0 Å². The molecule has 1 heterocycles. The predicted octanol–water partition coefficient (Wildman–Crippen LogP) is 3.14. The summed E-state index contributed by atoms with van der Waals surface area (Å²) >= 11 is 3.39. The molecule has 1 aliphatic rings. The Kier molecular flexibility index (Phi) is 2.28. The van der Waals surface area contributed by atoms with Crippen molar-refractivity contribution in [1.82, 2.24) is 0 Å². The molecule has 0 amide bonds. The third-order valence-corrected chi connectivity index (χ3v) is 2.90. The number of fused-ring (bicyclic) bond motifs is 1. The zero-order valence-corrected chi connectivity index (χ0v) is 8.94. The van der Waals surface area contributed by atoms with Crippen LogP contribution in [0, 0.1) is 0 Å². The number of anilines is 1. The van der Waals surface area contributed by atoms with Crippen LogP contribution < -0.4 is 5.32 Å². The Bertz CT molecular complexity index is 325. The molecule has 0 radical (unpaired) electrons. The number of rotatable bonds is 1. The predicted molar refractivity (Wildman–Crippen MR) is 55.8 cm³/mol. The Labute approximate surface area is 85.5 Å². The van der Waals surface area contributed by atoms with Crippen LogP contribution in [0.15, 0.2) is 22.7 Å². The third-order valence-electron chi connectivity index (χ3n) is 2.41. The van der Waals surface area contributed by atoms with Gasteiger partial charge in [0.2, 0.25) is 0 Å². The van der Waals surface area contributed by atoms with E-state index in [1.165, 1.54) is 5.56 Å². The van der Waals surface area contributed by atoms with Crippen LogP contribution in [0.25, 0.3) is 0 Å². The molecule has 0 saturated heterocycles. The molecule has 1 N–H and O–H groups in total. The number of benzene rings is 1. The molecule has 1 aromatic carbocycles. The first-order valence-electron chi connectivity index (χ1n) is 4.36. The van der Waals surface area contributed by atoms with Gasteiger partial charge >= 0.3 is 0 Å². The van der Waals surface area contributed by atoms with E-state index in [4.69, 9.17) is 0 Å². The number of hydrogen-bond donors (Lipinski definition) is 1. The molecule has 13 heavy (non-hydrogen) atoms. The average molecular weight is 244 g/mol. The van der Waals surface area contributed by atoms with E-state index < -0.39 is 6.17 Å². The minimum absolute atomic E-state index is 0.0516. The standard InChI is InChI=1S/C10H11BrFN/c1-6(12)9-4-7-2-3-8(11)5-10(7)13-9/h2-3,5-6,9,13H,4H2,1H3. The fourth-order valence-electron chi connectivity index (χ4n) is 1.63. The Morgan fingerprint density at radius 1 is 1.62 bits per heavy atom. The van der Waals surface area contributed by atoms with Crippen molar-refractivity contribution < 1.29 is 4.39 Å². The fourth-order valence-corrected chi connectivity index (χ4v) is 1.99. The van der Waals surface area contributed by atoms with Gasteiger partial charge in [-0.15, -0.1) is 0 Å². The first-order chi connectivity index (χ1) is 6.16. The summed E-state index contributed by atoms with van der Waals surface area (Å²) in [7, 11) is 0. The molecule has 2 rings (SSSR count). The van der Waals surface area contributed by atoms with Gasteiger partial charge in [0.15, 0.2) is 0 Å². The molecule has 0 fully saturated rings. The van der Waals surface area contributed by atoms with Gasteiger partial charge in [-0.05, 0) is 31.0 Å². The maximum absolute atomic E-state index is 13.0. The average Bonchev–Trinajstić information content (AvgIpc) is 2.46. The summed E-state index contributed by atoms with van der Waals surface area (Å²) < 4.78 is 14.0. The highest BCUT2D eigenvalue weighted by Gasteiger charge is 2.24. The quantitative estimate of drug-likeness (QED) is 0.800. The van der Waals surface area contributed by atoms with Crippen LogP contribution in [0.5, 0.6) is 0 Å². The lowest BCUT2D eigenvalue weighted by molar-refractivity contribution is 0.322. The van der Waals surface area contributed by atoms with Gasteiger partial charge in [-0.3, -0.25) is 0 Å². The molecular weight excluding hydrogens is 233 g/mol. The minimum atomic E-state index is -0.800. The summed E-state index contributed by atoms with van der Waals surface area (Å²) in [5.74, 6) is 0. The molecule has 0 spiro atoms. The van der Waals surface area contributed by atoms with Gasteiger partial charge in [0.25, 0.3) is 0 Å². The van der Waals surface area contributed by atoms with Crippen molar-refractivity contribution in [3.8, 4) is 0 Å². The van der Waals surface area contributed by atoms with Gasteiger partial charge in [0.1, 0.15) is 6.17 Å². The second kappa shape index (κ2) is 3.29. The minimum Gasteiger partial charge on any atom is -0.379 e. The van der Waals surface area contributed by atoms with Crippen LogP contribution in [0.2, 0.25) is 0 Å². The van der Waals surface area contributed by atoms with Crippen LogP contribution in [0.3, 0.4) is 0 Å². The number of halogens is 2. The fraction of sp³-hybridized carbons (Fsp3) is 0.400. The largest absolute Gasteiger partial charge is 0.379 e. The third kappa shape index (κ3) is 1.70. The van der Waals surface area contributed by atoms with Gasteiger partial charge in [-0.25, -0.2) is 4.39 Å². The van der Waals surface area contributed by atoms with Crippen molar-refractivity contribution in [2.24, 2.45) is 0 Å². The van der Waals surface area contributed by atoms with Crippen molar-refractivity contribution >= 4 is 21.6 Å². The van der Waals surface area contributed by atoms with E-state index in [9.17, 15) is 4.39 Å². The van der Waals surface area contributed by atoms with Gasteiger partial charge in [0, 0.05) is 10.2 Å². The Morgan fingerprint density at radius 2 is 2.38 bits per heavy atom. The number of alkyl halides is 1. The zero-order valence-electron chi connectivity index (χ0n) is 7.35. The van der Waals surface area contributed by atoms with Crippen LogP contribution in [0.1, 0.15) is 12.5 Å². The Hall–Kier alpha value is -0.570. The van der Waals surface area contributed by atoms with Crippen molar-refractivity contribution in [2.45, 2.75) is 25.6 Å². The topological polar surface area (TPSA) is 12.0 Å². The smallest absolute Gasteiger partial charge is 0.118 e. The normalized spacial score (nSPS) is 22.2. The van der Waals surface area contributed by atoms with Crippen molar-refractivity contribution in [3.05, 3.63) is 28.2 Å². The van der Waals surface area contributed by atoms with Gasteiger partial charge in [-0.2, -0.15) is 0 Å². The van der Waals surface area contributed by atoms with E-state index in [0.717, 1.165) is 16.6 Å². The summed E-state index contributed by atoms with van der Waals surface area (Å²) in [4.78, 5) is 0. The van der Waals surface area contributed by atoms with Crippen LogP contribution in [0.4, 0.5) is 10.1 Å². The summed E-state index contributed by atoms with van der Waals surface area (Å²) in [5.41, 5.74) is 2.27. The molecule has 3 heteroatoms. The van der Waals surface area contributed by atoms with E-state index in [1.54, 1.807) is 6.92 Å². The van der Waals surface area contributed by atoms with E-state index >= 15 is 0 Å². The lowest BCUT2D eigenvalue weighted by Gasteiger charge is -2.11. The second-order valence-electron chi connectivity index (χ2n) is 3.43. The molecule has 2 atom stereocenters. The van der Waals surface area contributed by atoms with Gasteiger partial charge in [-0.1, -0.05) is 22.0 Å². The van der Waals surface area contributed by atoms with E-state index in [2.05, 4.69) is 21.2 Å². The number of nitrogens with one attached hydrogen (secondary N) is 1. The van der Waals surface area contributed by atoms with Crippen LogP contribution in [-0.2, 0) is 6.42 Å². The van der Waals surface area contributed by atoms with Gasteiger partial charge in [0.05, 0.1) is 6.04 Å². The van der Waals surface area contributed by atoms with Crippen molar-refractivity contribution in [3.63, 3.8) is 0 Å². The molecule has 0 aliphatic carbocycles. The van der Waals surface area contributed by atoms with Crippen LogP contribution >= 0.6 is 15.9 Å². The maximum Gasteiger partial charge on any atom is 0.118 e. The molecule has 1 aromatic rings. The molecule has 0 aromatic heterocycles. The molecule has 0 saturated carbocycles. The highest BCUT2D eigenvalue weighted by Crippen LogP contribution is 2.30. The number of hydrogen-bond acceptors (Lipinski definition) is 1. The van der Waals surface area contributed by atoms with E-state index in [-0.39, 0.29) is 6.04 Å². The summed E-state index contributed by atoms with van der Waals surface area (Å²) in [6, 6.07) is 5.97. The first-order valence-corrected chi connectivity index (χ1v) is 5.15. The molecule has 2 unspecified atom stereocenters. The first kappa shape index (κ1) is 9.00. The molecule has 1 aliphatic heterocycles. The van der Waals surface area contributed by atoms with E-state index in [1.807, 2.05) is 18.2 Å². The summed E-state index contributed by atoms with van der Waals surface area (Å²) in [5, 5.41) is 3.17. The van der Waals surface area contributed by atoms with Crippen molar-refractivity contribution in [2.75, 3.05) is 5.32 Å². The van der Waals surface area contributed by atoms with Gasteiger partial charge < -0.3 is 5.32 Å². The summed E-state index contributed by atoms with van der Waals surface area (Å²) in [6.07, 6.45) is -0.00789. The van der Waals surface area contributed by atoms with E-state index in [0.29, 0.717) is 0 Å². The summed E-state index contributed by atoms with van der Waals surface area (Å²) in [6.45, 7) is 1.60. The Morgan fingerprint density at radius 3 is 3.08 bits per heavy atom. The lowest BCUT2D eigenvalue weighted by atomic mass is 10.1. The zero-order chi connectivity index (χ0) is 9.42. The molecule has 1 nitrogen and oxygen atoms in total. The Balaban J connectivity index is 2.25. The SMILES string of the molecule is CC(F)C1Cc2ccc(Br)cc2N1. The molecule has 70 valence electrons. The van der Waals surface area contributed by atoms with Crippen LogP contribution in [-0.4, -0.2) is 12.2 Å². The highest BCUT2D eigenvalue weighted by molar-refractivity contribution is 9.10. The highest BCUT2D eigenvalue weighted by atomic mass is 79.9.